The number of amides is 1. The number of hydrogen-bond donors (Lipinski definition) is 0. The molecule has 0 saturated carbocycles. The third-order valence-electron chi connectivity index (χ3n) is 4.94. The Morgan fingerprint density at radius 2 is 1.91 bits per heavy atom. The Hall–Kier alpha value is -1.49. The molecule has 0 spiro atoms. The number of carbonyl (C=O) groups excluding carboxylic acids is 1. The molecule has 1 aromatic rings. The van der Waals surface area contributed by atoms with Crippen molar-refractivity contribution in [3.8, 4) is 0 Å². The largest absolute Gasteiger partial charge is 0.381 e. The van der Waals surface area contributed by atoms with Gasteiger partial charge in [-0.3, -0.25) is 4.79 Å². The van der Waals surface area contributed by atoms with Gasteiger partial charge in [-0.05, 0) is 52.5 Å². The van der Waals surface area contributed by atoms with Gasteiger partial charge in [-0.15, -0.1) is 0 Å². The minimum Gasteiger partial charge on any atom is -0.381 e. The number of likely N-dealkylation sites (tertiary alicyclic amines) is 1. The summed E-state index contributed by atoms with van der Waals surface area (Å²) in [5.41, 5.74) is 1.56. The Kier molecular flexibility index (Phi) is 4.17. The van der Waals surface area contributed by atoms with Crippen LogP contribution in [0.2, 0.25) is 0 Å². The van der Waals surface area contributed by atoms with E-state index in [-0.39, 0.29) is 17.4 Å². The molecule has 0 aliphatic carbocycles. The summed E-state index contributed by atoms with van der Waals surface area (Å²) in [6, 6.07) is 1.98. The number of ether oxygens (including phenoxy) is 1. The summed E-state index contributed by atoms with van der Waals surface area (Å²) in [4.78, 5) is 24.3. The van der Waals surface area contributed by atoms with Crippen molar-refractivity contribution < 1.29 is 9.53 Å². The van der Waals surface area contributed by atoms with Gasteiger partial charge >= 0.3 is 0 Å². The molecule has 0 N–H and O–H groups in total. The molecule has 2 saturated heterocycles. The van der Waals surface area contributed by atoms with Crippen molar-refractivity contribution >= 4 is 5.91 Å². The number of rotatable bonds is 2. The summed E-state index contributed by atoms with van der Waals surface area (Å²) in [5.74, 6) is 1.14. The highest BCUT2D eigenvalue weighted by Crippen LogP contribution is 2.38. The first-order chi connectivity index (χ1) is 10.5. The van der Waals surface area contributed by atoms with Gasteiger partial charge in [-0.2, -0.15) is 0 Å². The molecule has 22 heavy (non-hydrogen) atoms. The monoisotopic (exact) mass is 303 g/mol. The lowest BCUT2D eigenvalue weighted by molar-refractivity contribution is -0.143. The second-order valence-corrected chi connectivity index (χ2v) is 6.73. The first kappa shape index (κ1) is 15.4. The van der Waals surface area contributed by atoms with Crippen molar-refractivity contribution in [1.82, 2.24) is 14.9 Å². The van der Waals surface area contributed by atoms with Crippen LogP contribution in [0, 0.1) is 19.8 Å². The van der Waals surface area contributed by atoms with Gasteiger partial charge in [0.15, 0.2) is 5.82 Å². The van der Waals surface area contributed by atoms with E-state index in [2.05, 4.69) is 16.9 Å². The number of nitrogens with zero attached hydrogens (tertiary/aromatic N) is 3. The second-order valence-electron chi connectivity index (χ2n) is 6.73. The van der Waals surface area contributed by atoms with E-state index in [0.717, 1.165) is 49.4 Å². The summed E-state index contributed by atoms with van der Waals surface area (Å²) < 4.78 is 5.39. The third-order valence-corrected chi connectivity index (χ3v) is 4.94. The molecular weight excluding hydrogens is 278 g/mol. The Balaban J connectivity index is 1.89. The SMILES string of the molecule is Cc1cc(C)nc([C@]2(C)CCCN2C(=O)C2CCOCC2)n1. The van der Waals surface area contributed by atoms with E-state index in [1.165, 1.54) is 0 Å². The van der Waals surface area contributed by atoms with Gasteiger partial charge < -0.3 is 9.64 Å². The molecule has 5 heteroatoms. The van der Waals surface area contributed by atoms with Crippen molar-refractivity contribution in [2.24, 2.45) is 5.92 Å². The van der Waals surface area contributed by atoms with Crippen LogP contribution in [0.5, 0.6) is 0 Å². The second kappa shape index (κ2) is 5.95. The molecule has 0 aromatic carbocycles. The van der Waals surface area contributed by atoms with Crippen molar-refractivity contribution in [3.63, 3.8) is 0 Å². The van der Waals surface area contributed by atoms with Crippen molar-refractivity contribution in [2.75, 3.05) is 19.8 Å². The maximum Gasteiger partial charge on any atom is 0.226 e. The maximum atomic E-state index is 13.0. The molecule has 0 bridgehead atoms. The highest BCUT2D eigenvalue weighted by molar-refractivity contribution is 5.80. The maximum absolute atomic E-state index is 13.0. The molecule has 0 unspecified atom stereocenters. The zero-order valence-corrected chi connectivity index (χ0v) is 13.8. The Labute approximate surface area is 132 Å². The van der Waals surface area contributed by atoms with E-state index in [1.54, 1.807) is 0 Å². The number of hydrogen-bond acceptors (Lipinski definition) is 4. The van der Waals surface area contributed by atoms with Gasteiger partial charge in [0, 0.05) is 37.1 Å². The molecule has 3 rings (SSSR count). The van der Waals surface area contributed by atoms with E-state index < -0.39 is 0 Å². The summed E-state index contributed by atoms with van der Waals surface area (Å²) in [6.45, 7) is 8.29. The average molecular weight is 303 g/mol. The first-order valence-corrected chi connectivity index (χ1v) is 8.23. The third kappa shape index (κ3) is 2.74. The van der Waals surface area contributed by atoms with E-state index in [4.69, 9.17) is 4.74 Å². The van der Waals surface area contributed by atoms with Crippen LogP contribution in [-0.2, 0) is 15.1 Å². The Morgan fingerprint density at radius 3 is 2.55 bits per heavy atom. The van der Waals surface area contributed by atoms with E-state index in [1.807, 2.05) is 24.8 Å². The van der Waals surface area contributed by atoms with Crippen molar-refractivity contribution in [1.29, 1.82) is 0 Å². The van der Waals surface area contributed by atoms with E-state index in [9.17, 15) is 4.79 Å². The molecule has 2 aliphatic heterocycles. The van der Waals surface area contributed by atoms with Gasteiger partial charge in [-0.25, -0.2) is 9.97 Å². The molecule has 1 amide bonds. The fourth-order valence-corrected chi connectivity index (χ4v) is 3.68. The molecule has 1 aromatic heterocycles. The smallest absolute Gasteiger partial charge is 0.226 e. The standard InChI is InChI=1S/C17H25N3O2/c1-12-11-13(2)19-16(18-12)17(3)7-4-8-20(17)15(21)14-5-9-22-10-6-14/h11,14H,4-10H2,1-3H3/t17-/m0/s1. The minimum atomic E-state index is -0.369. The van der Waals surface area contributed by atoms with Crippen LogP contribution < -0.4 is 0 Å². The van der Waals surface area contributed by atoms with Crippen LogP contribution in [0.25, 0.3) is 0 Å². The first-order valence-electron chi connectivity index (χ1n) is 8.23. The van der Waals surface area contributed by atoms with Crippen LogP contribution >= 0.6 is 0 Å². The van der Waals surface area contributed by atoms with Crippen LogP contribution in [0.4, 0.5) is 0 Å². The highest BCUT2D eigenvalue weighted by atomic mass is 16.5. The van der Waals surface area contributed by atoms with Gasteiger partial charge in [0.25, 0.3) is 0 Å². The summed E-state index contributed by atoms with van der Waals surface area (Å²) in [7, 11) is 0. The van der Waals surface area contributed by atoms with Gasteiger partial charge in [0.2, 0.25) is 5.91 Å². The highest BCUT2D eigenvalue weighted by Gasteiger charge is 2.45. The zero-order valence-electron chi connectivity index (χ0n) is 13.8. The molecule has 1 atom stereocenters. The molecule has 0 radical (unpaired) electrons. The molecule has 5 nitrogen and oxygen atoms in total. The van der Waals surface area contributed by atoms with E-state index >= 15 is 0 Å². The Morgan fingerprint density at radius 1 is 1.27 bits per heavy atom. The summed E-state index contributed by atoms with van der Waals surface area (Å²) in [5, 5.41) is 0. The zero-order chi connectivity index (χ0) is 15.7. The fourth-order valence-electron chi connectivity index (χ4n) is 3.68. The van der Waals surface area contributed by atoms with Crippen molar-refractivity contribution in [2.45, 2.75) is 52.0 Å². The fraction of sp³-hybridized carbons (Fsp3) is 0.706. The molecule has 3 heterocycles. The topological polar surface area (TPSA) is 55.3 Å². The average Bonchev–Trinajstić information content (AvgIpc) is 2.90. The summed E-state index contributed by atoms with van der Waals surface area (Å²) in [6.07, 6.45) is 3.62. The van der Waals surface area contributed by atoms with Crippen molar-refractivity contribution in [3.05, 3.63) is 23.3 Å². The number of aryl methyl sites for hydroxylation is 2. The van der Waals surface area contributed by atoms with E-state index in [0.29, 0.717) is 13.2 Å². The molecule has 120 valence electrons. The van der Waals surface area contributed by atoms with Gasteiger partial charge in [0.05, 0.1) is 5.54 Å². The van der Waals surface area contributed by atoms with Crippen LogP contribution in [-0.4, -0.2) is 40.5 Å². The lowest BCUT2D eigenvalue weighted by atomic mass is 9.93. The minimum absolute atomic E-state index is 0.0945. The number of aromatic nitrogens is 2. The molecule has 2 aliphatic rings. The predicted molar refractivity (Wildman–Crippen MR) is 83.3 cm³/mol. The van der Waals surface area contributed by atoms with Crippen LogP contribution in [0.15, 0.2) is 6.07 Å². The lowest BCUT2D eigenvalue weighted by Gasteiger charge is -2.37. The summed E-state index contributed by atoms with van der Waals surface area (Å²) >= 11 is 0. The quantitative estimate of drug-likeness (QED) is 0.841. The number of carbonyl (C=O) groups is 1. The Bertz CT molecular complexity index is 549. The predicted octanol–water partition coefficient (Wildman–Crippen LogP) is 2.36. The lowest BCUT2D eigenvalue weighted by Crippen LogP contribution is -2.47. The van der Waals surface area contributed by atoms with Crippen LogP contribution in [0.1, 0.15) is 49.8 Å². The molecular formula is C17H25N3O2. The van der Waals surface area contributed by atoms with Crippen LogP contribution in [0.3, 0.4) is 0 Å². The van der Waals surface area contributed by atoms with Gasteiger partial charge in [0.1, 0.15) is 0 Å². The van der Waals surface area contributed by atoms with Gasteiger partial charge in [-0.1, -0.05) is 0 Å². The normalized spacial score (nSPS) is 26.4. The molecule has 2 fully saturated rings.